The van der Waals surface area contributed by atoms with Gasteiger partial charge in [-0.2, -0.15) is 0 Å². The second-order valence-electron chi connectivity index (χ2n) is 14.2. The van der Waals surface area contributed by atoms with Crippen molar-refractivity contribution >= 4 is 47.3 Å². The summed E-state index contributed by atoms with van der Waals surface area (Å²) in [6.07, 6.45) is -1.26. The minimum absolute atomic E-state index is 0.0258. The monoisotopic (exact) mass is 800 g/mol. The summed E-state index contributed by atoms with van der Waals surface area (Å²) in [6, 6.07) is 3.37. The largest absolute Gasteiger partial charge is 0.508 e. The highest BCUT2D eigenvalue weighted by Crippen LogP contribution is 2.13. The maximum atomic E-state index is 14.1. The minimum atomic E-state index is -1.57. The van der Waals surface area contributed by atoms with Crippen LogP contribution in [0.1, 0.15) is 58.6 Å². The molecule has 2 aromatic carbocycles. The molecule has 0 aliphatic carbocycles. The summed E-state index contributed by atoms with van der Waals surface area (Å²) in [5, 5.41) is 33.7. The predicted molar refractivity (Wildman–Crippen MR) is 204 cm³/mol. The van der Waals surface area contributed by atoms with Crippen molar-refractivity contribution in [3.05, 3.63) is 65.5 Å². The van der Waals surface area contributed by atoms with Crippen LogP contribution < -0.4 is 43.4 Å². The van der Waals surface area contributed by atoms with Gasteiger partial charge in [-0.05, 0) is 67.0 Å². The van der Waals surface area contributed by atoms with Crippen molar-refractivity contribution in [2.45, 2.75) is 96.6 Å². The summed E-state index contributed by atoms with van der Waals surface area (Å²) in [5.41, 5.74) is 12.1. The first-order valence-corrected chi connectivity index (χ1v) is 18.3. The molecule has 2 rings (SSSR count). The highest BCUT2D eigenvalue weighted by atomic mass is 19.1. The fourth-order valence-electron chi connectivity index (χ4n) is 5.43. The summed E-state index contributed by atoms with van der Waals surface area (Å²) in [7, 11) is 0. The van der Waals surface area contributed by atoms with E-state index in [0.717, 1.165) is 6.07 Å². The van der Waals surface area contributed by atoms with Crippen molar-refractivity contribution in [2.75, 3.05) is 6.54 Å². The molecule has 0 saturated heterocycles. The number of amides is 7. The quantitative estimate of drug-likeness (QED) is 0.0679. The molecule has 0 saturated carbocycles. The molecule has 0 unspecified atom stereocenters. The average Bonchev–Trinajstić information content (AvgIpc) is 3.13. The number of phenols is 1. The zero-order valence-corrected chi connectivity index (χ0v) is 32.5. The van der Waals surface area contributed by atoms with Crippen molar-refractivity contribution in [3.63, 3.8) is 0 Å². The Balaban J connectivity index is 2.29. The molecule has 0 bridgehead atoms. The number of phenolic OH excluding ortho intramolecular Hbond substituents is 1. The first-order chi connectivity index (χ1) is 26.7. The molecule has 0 heterocycles. The topological polar surface area (TPSA) is 301 Å². The van der Waals surface area contributed by atoms with Gasteiger partial charge in [-0.15, -0.1) is 0 Å². The van der Waals surface area contributed by atoms with E-state index in [2.05, 4.69) is 31.9 Å². The van der Waals surface area contributed by atoms with Crippen LogP contribution in [0.2, 0.25) is 0 Å². The molecule has 0 aliphatic heterocycles. The number of halogens is 1. The lowest BCUT2D eigenvalue weighted by molar-refractivity contribution is -0.139. The highest BCUT2D eigenvalue weighted by molar-refractivity contribution is 5.97. The standard InChI is InChI=1S/C38H53FN8O10/c1-19(2)31(37(56)42-18-29(41)49)47-38(57)32(20(3)4)46-35(54)27(13-14-30(50)51)44-36(55)28(17-23-7-6-8-24(39)15-23)45-33(52)21(5)43-34(53)26(40)16-22-9-11-25(48)12-10-22/h6-12,15,19-21,26-28,31-32,48H,13-14,16-18,40H2,1-5H3,(H2,41,49)(H,42,56)(H,43,53)(H,44,55)(H,45,52)(H,46,54)(H,47,57)(H,50,51)/t21-,26+,27+,28+,31+,32+/m1/s1. The molecule has 18 nitrogen and oxygen atoms in total. The van der Waals surface area contributed by atoms with Gasteiger partial charge in [0.25, 0.3) is 0 Å². The molecule has 2 aromatic rings. The van der Waals surface area contributed by atoms with E-state index in [1.54, 1.807) is 39.8 Å². The number of primary amides is 1. The number of carbonyl (C=O) groups excluding carboxylic acids is 7. The van der Waals surface area contributed by atoms with Crippen LogP contribution in [0.5, 0.6) is 5.75 Å². The normalized spacial score (nSPS) is 14.2. The summed E-state index contributed by atoms with van der Waals surface area (Å²) in [5.74, 6) is -8.74. The number of nitrogens with two attached hydrogens (primary N) is 2. The van der Waals surface area contributed by atoms with E-state index < -0.39 is 121 Å². The summed E-state index contributed by atoms with van der Waals surface area (Å²) < 4.78 is 14.1. The van der Waals surface area contributed by atoms with Gasteiger partial charge in [0, 0.05) is 12.8 Å². The van der Waals surface area contributed by atoms with Crippen LogP contribution in [-0.2, 0) is 51.2 Å². The van der Waals surface area contributed by atoms with Crippen LogP contribution in [0, 0.1) is 17.7 Å². The number of aromatic hydroxyl groups is 1. The van der Waals surface area contributed by atoms with Crippen LogP contribution >= 0.6 is 0 Å². The third-order valence-corrected chi connectivity index (χ3v) is 8.65. The Bertz CT molecular complexity index is 1760. The number of carboxylic acids is 1. The van der Waals surface area contributed by atoms with Gasteiger partial charge < -0.3 is 53.6 Å². The second kappa shape index (κ2) is 22.4. The van der Waals surface area contributed by atoms with Crippen molar-refractivity contribution in [2.24, 2.45) is 23.3 Å². The number of aliphatic carboxylic acids is 1. The lowest BCUT2D eigenvalue weighted by atomic mass is 9.99. The van der Waals surface area contributed by atoms with Crippen LogP contribution in [-0.4, -0.2) is 100 Å². The lowest BCUT2D eigenvalue weighted by Gasteiger charge is -2.29. The molecule has 12 N–H and O–H groups in total. The molecule has 6 atom stereocenters. The fraction of sp³-hybridized carbons (Fsp3) is 0.474. The Morgan fingerprint density at radius 2 is 1.23 bits per heavy atom. The number of nitrogens with one attached hydrogen (secondary N) is 6. The molecular weight excluding hydrogens is 747 g/mol. The number of rotatable bonds is 22. The Kier molecular flexibility index (Phi) is 18.5. The Labute approximate surface area is 329 Å². The van der Waals surface area contributed by atoms with E-state index >= 15 is 0 Å². The number of benzene rings is 2. The highest BCUT2D eigenvalue weighted by Gasteiger charge is 2.34. The van der Waals surface area contributed by atoms with Crippen LogP contribution in [0.4, 0.5) is 4.39 Å². The molecule has 0 aliphatic rings. The van der Waals surface area contributed by atoms with Crippen molar-refractivity contribution in [3.8, 4) is 5.75 Å². The van der Waals surface area contributed by atoms with Crippen LogP contribution in [0.3, 0.4) is 0 Å². The molecule has 7 amide bonds. The van der Waals surface area contributed by atoms with Crippen molar-refractivity contribution in [1.29, 1.82) is 0 Å². The van der Waals surface area contributed by atoms with Gasteiger partial charge in [-0.3, -0.25) is 38.4 Å². The van der Waals surface area contributed by atoms with Gasteiger partial charge in [0.2, 0.25) is 41.4 Å². The van der Waals surface area contributed by atoms with E-state index in [-0.39, 0.29) is 24.2 Å². The van der Waals surface area contributed by atoms with E-state index in [4.69, 9.17) is 11.5 Å². The summed E-state index contributed by atoms with van der Waals surface area (Å²) in [4.78, 5) is 103. The maximum absolute atomic E-state index is 14.1. The molecule has 0 aromatic heterocycles. The van der Waals surface area contributed by atoms with Gasteiger partial charge in [0.05, 0.1) is 12.6 Å². The lowest BCUT2D eigenvalue weighted by Crippen LogP contribution is -2.61. The van der Waals surface area contributed by atoms with Gasteiger partial charge in [-0.1, -0.05) is 52.0 Å². The number of carbonyl (C=O) groups is 8. The minimum Gasteiger partial charge on any atom is -0.508 e. The molecular formula is C38H53FN8O10. The van der Waals surface area contributed by atoms with E-state index in [1.165, 1.54) is 37.3 Å². The van der Waals surface area contributed by atoms with Crippen molar-refractivity contribution < 1.29 is 53.0 Å². The molecule has 19 heteroatoms. The zero-order valence-electron chi connectivity index (χ0n) is 32.5. The average molecular weight is 801 g/mol. The SMILES string of the molecule is CC(C)[C@H](NC(=O)[C@H](CCC(=O)O)NC(=O)[C@H](Cc1cccc(F)c1)NC(=O)[C@@H](C)NC(=O)[C@@H](N)Cc1ccc(O)cc1)C(=O)N[C@H](C(=O)NCC(N)=O)C(C)C. The van der Waals surface area contributed by atoms with E-state index in [9.17, 15) is 53.0 Å². The molecule has 0 spiro atoms. The van der Waals surface area contributed by atoms with Gasteiger partial charge in [0.1, 0.15) is 41.8 Å². The van der Waals surface area contributed by atoms with Gasteiger partial charge in [0.15, 0.2) is 0 Å². The Hall–Kier alpha value is -6.11. The zero-order chi connectivity index (χ0) is 43.0. The number of carboxylic acid groups (broad SMARTS) is 1. The van der Waals surface area contributed by atoms with E-state index in [1.807, 2.05) is 0 Å². The summed E-state index contributed by atoms with van der Waals surface area (Å²) >= 11 is 0. The van der Waals surface area contributed by atoms with Crippen LogP contribution in [0.15, 0.2) is 48.5 Å². The Morgan fingerprint density at radius 1 is 0.667 bits per heavy atom. The Morgan fingerprint density at radius 3 is 1.79 bits per heavy atom. The van der Waals surface area contributed by atoms with Crippen LogP contribution in [0.25, 0.3) is 0 Å². The number of hydrogen-bond donors (Lipinski definition) is 10. The first-order valence-electron chi connectivity index (χ1n) is 18.3. The first kappa shape index (κ1) is 47.0. The molecule has 0 fully saturated rings. The smallest absolute Gasteiger partial charge is 0.303 e. The third kappa shape index (κ3) is 16.3. The number of hydrogen-bond acceptors (Lipinski definition) is 10. The van der Waals surface area contributed by atoms with Gasteiger partial charge in [-0.25, -0.2) is 4.39 Å². The molecule has 312 valence electrons. The fourth-order valence-corrected chi connectivity index (χ4v) is 5.43. The van der Waals surface area contributed by atoms with E-state index in [0.29, 0.717) is 5.56 Å². The predicted octanol–water partition coefficient (Wildman–Crippen LogP) is -1.13. The van der Waals surface area contributed by atoms with Crippen molar-refractivity contribution in [1.82, 2.24) is 31.9 Å². The maximum Gasteiger partial charge on any atom is 0.303 e. The van der Waals surface area contributed by atoms with Gasteiger partial charge >= 0.3 is 5.97 Å². The second-order valence-corrected chi connectivity index (χ2v) is 14.2. The molecule has 0 radical (unpaired) electrons. The summed E-state index contributed by atoms with van der Waals surface area (Å²) in [6.45, 7) is 7.32. The molecule has 57 heavy (non-hydrogen) atoms. The third-order valence-electron chi connectivity index (χ3n) is 8.65.